The van der Waals surface area contributed by atoms with E-state index in [1.807, 2.05) is 77.4 Å². The van der Waals surface area contributed by atoms with Crippen LogP contribution < -0.4 is 15.4 Å². The quantitative estimate of drug-likeness (QED) is 0.266. The Morgan fingerprint density at radius 3 is 2.66 bits per heavy atom. The third kappa shape index (κ3) is 4.95. The normalized spacial score (nSPS) is 11.0. The standard InChI is InChI=1S/C26H23N11O/c1-38-20-11-9-17(10-12-20)15-27-25-31-21-7-2-3-8-22(21)37(25)26-29-16-28-24(32-26)30-19-6-4-5-18(13-19)14-23-33-35-36-34-23/h2-13,16H,14-15H2,1H3,(H,27,31)(H,28,29,30,32)(H,33,34,35,36). The van der Waals surface area contributed by atoms with Crippen LogP contribution in [0.2, 0.25) is 0 Å². The highest BCUT2D eigenvalue weighted by Crippen LogP contribution is 2.24. The predicted molar refractivity (Wildman–Crippen MR) is 141 cm³/mol. The van der Waals surface area contributed by atoms with Gasteiger partial charge in [0.05, 0.1) is 18.1 Å². The summed E-state index contributed by atoms with van der Waals surface area (Å²) in [6, 6.07) is 23.6. The third-order valence-corrected chi connectivity index (χ3v) is 5.86. The van der Waals surface area contributed by atoms with Crippen molar-refractivity contribution in [2.45, 2.75) is 13.0 Å². The average molecular weight is 506 g/mol. The number of benzene rings is 3. The largest absolute Gasteiger partial charge is 0.497 e. The van der Waals surface area contributed by atoms with Crippen LogP contribution in [0.1, 0.15) is 17.0 Å². The first-order valence-electron chi connectivity index (χ1n) is 11.9. The second-order valence-corrected chi connectivity index (χ2v) is 8.40. The zero-order valence-electron chi connectivity index (χ0n) is 20.4. The number of H-pyrrole nitrogens is 1. The molecule has 3 aromatic carbocycles. The first-order valence-corrected chi connectivity index (χ1v) is 11.9. The van der Waals surface area contributed by atoms with Crippen molar-refractivity contribution >= 4 is 28.6 Å². The Labute approximate surface area is 217 Å². The van der Waals surface area contributed by atoms with Gasteiger partial charge in [-0.25, -0.2) is 19.5 Å². The van der Waals surface area contributed by atoms with Gasteiger partial charge in [-0.2, -0.15) is 10.2 Å². The van der Waals surface area contributed by atoms with Crippen molar-refractivity contribution in [3.63, 3.8) is 0 Å². The Hall–Kier alpha value is -5.39. The molecule has 12 heteroatoms. The number of fused-ring (bicyclic) bond motifs is 1. The Kier molecular flexibility index (Phi) is 6.25. The summed E-state index contributed by atoms with van der Waals surface area (Å²) in [5, 5.41) is 20.8. The lowest BCUT2D eigenvalue weighted by atomic mass is 10.1. The van der Waals surface area contributed by atoms with Crippen LogP contribution in [0.5, 0.6) is 5.75 Å². The number of aromatic nitrogens is 9. The molecular weight excluding hydrogens is 482 g/mol. The summed E-state index contributed by atoms with van der Waals surface area (Å²) in [6.07, 6.45) is 2.04. The van der Waals surface area contributed by atoms with Gasteiger partial charge in [0.1, 0.15) is 12.1 Å². The zero-order valence-corrected chi connectivity index (χ0v) is 20.4. The van der Waals surface area contributed by atoms with Gasteiger partial charge in [-0.3, -0.25) is 0 Å². The molecule has 0 aliphatic rings. The highest BCUT2D eigenvalue weighted by Gasteiger charge is 2.15. The summed E-state index contributed by atoms with van der Waals surface area (Å²) in [5.74, 6) is 2.90. The lowest BCUT2D eigenvalue weighted by Crippen LogP contribution is -2.10. The van der Waals surface area contributed by atoms with Crippen LogP contribution in [0.15, 0.2) is 79.1 Å². The zero-order chi connectivity index (χ0) is 25.7. The molecule has 38 heavy (non-hydrogen) atoms. The van der Waals surface area contributed by atoms with E-state index in [1.54, 1.807) is 7.11 Å². The molecule has 0 saturated carbocycles. The summed E-state index contributed by atoms with van der Waals surface area (Å²) in [6.45, 7) is 0.566. The number of aromatic amines is 1. The molecule has 3 N–H and O–H groups in total. The van der Waals surface area contributed by atoms with Crippen LogP contribution in [-0.4, -0.2) is 52.2 Å². The molecule has 0 radical (unpaired) electrons. The van der Waals surface area contributed by atoms with Gasteiger partial charge in [0, 0.05) is 18.7 Å². The smallest absolute Gasteiger partial charge is 0.241 e. The molecule has 0 amide bonds. The summed E-state index contributed by atoms with van der Waals surface area (Å²) in [5.41, 5.74) is 4.65. The number of para-hydroxylation sites is 2. The molecule has 12 nitrogen and oxygen atoms in total. The number of tetrazole rings is 1. The number of anilines is 3. The highest BCUT2D eigenvalue weighted by molar-refractivity contribution is 5.80. The molecule has 0 saturated heterocycles. The number of hydrogen-bond donors (Lipinski definition) is 3. The van der Waals surface area contributed by atoms with Gasteiger partial charge >= 0.3 is 0 Å². The van der Waals surface area contributed by atoms with Crippen LogP contribution in [0, 0.1) is 0 Å². The number of ether oxygens (including phenoxy) is 1. The van der Waals surface area contributed by atoms with E-state index in [1.165, 1.54) is 6.33 Å². The Morgan fingerprint density at radius 1 is 0.921 bits per heavy atom. The van der Waals surface area contributed by atoms with Gasteiger partial charge in [0.25, 0.3) is 0 Å². The van der Waals surface area contributed by atoms with E-state index < -0.39 is 0 Å². The highest BCUT2D eigenvalue weighted by atomic mass is 16.5. The average Bonchev–Trinajstić information content (AvgIpc) is 3.60. The van der Waals surface area contributed by atoms with Crippen molar-refractivity contribution in [2.24, 2.45) is 0 Å². The summed E-state index contributed by atoms with van der Waals surface area (Å²) >= 11 is 0. The van der Waals surface area contributed by atoms with Crippen molar-refractivity contribution in [3.8, 4) is 11.7 Å². The van der Waals surface area contributed by atoms with Crippen molar-refractivity contribution in [1.29, 1.82) is 0 Å². The topological polar surface area (TPSA) is 144 Å². The molecular formula is C26H23N11O. The summed E-state index contributed by atoms with van der Waals surface area (Å²) in [4.78, 5) is 18.3. The van der Waals surface area contributed by atoms with Crippen molar-refractivity contribution in [2.75, 3.05) is 17.7 Å². The molecule has 3 heterocycles. The first-order chi connectivity index (χ1) is 18.7. The van der Waals surface area contributed by atoms with E-state index >= 15 is 0 Å². The van der Waals surface area contributed by atoms with Crippen LogP contribution >= 0.6 is 0 Å². The lowest BCUT2D eigenvalue weighted by molar-refractivity contribution is 0.414. The number of rotatable bonds is 9. The number of nitrogens with one attached hydrogen (secondary N) is 3. The monoisotopic (exact) mass is 505 g/mol. The maximum atomic E-state index is 5.26. The van der Waals surface area contributed by atoms with Crippen molar-refractivity contribution in [1.82, 2.24) is 45.1 Å². The molecule has 3 aromatic heterocycles. The van der Waals surface area contributed by atoms with Gasteiger partial charge in [0.15, 0.2) is 5.82 Å². The molecule has 0 aliphatic carbocycles. The molecule has 0 aliphatic heterocycles. The van der Waals surface area contributed by atoms with Gasteiger partial charge in [-0.05, 0) is 47.5 Å². The summed E-state index contributed by atoms with van der Waals surface area (Å²) in [7, 11) is 1.65. The molecule has 0 fully saturated rings. The van der Waals surface area contributed by atoms with Crippen LogP contribution in [0.25, 0.3) is 17.0 Å². The second kappa shape index (κ2) is 10.3. The SMILES string of the molecule is COc1ccc(CNc2nc3ccccc3n2-c2ncnc(Nc3cccc(Cc4nn[nH]n4)c3)n2)cc1. The molecule has 6 aromatic rings. The maximum Gasteiger partial charge on any atom is 0.241 e. The number of imidazole rings is 1. The van der Waals surface area contributed by atoms with Crippen LogP contribution in [0.3, 0.4) is 0 Å². The summed E-state index contributed by atoms with van der Waals surface area (Å²) < 4.78 is 7.14. The number of nitrogens with zero attached hydrogens (tertiary/aromatic N) is 8. The number of methoxy groups -OCH3 is 1. The molecule has 6 rings (SSSR count). The van der Waals surface area contributed by atoms with E-state index in [0.29, 0.717) is 36.6 Å². The molecule has 0 spiro atoms. The van der Waals surface area contributed by atoms with Gasteiger partial charge in [-0.1, -0.05) is 41.6 Å². The van der Waals surface area contributed by atoms with E-state index in [-0.39, 0.29) is 0 Å². The van der Waals surface area contributed by atoms with E-state index in [0.717, 1.165) is 33.6 Å². The Bertz CT molecular complexity index is 1660. The fourth-order valence-electron chi connectivity index (χ4n) is 4.06. The van der Waals surface area contributed by atoms with Gasteiger partial charge in [0.2, 0.25) is 17.8 Å². The van der Waals surface area contributed by atoms with E-state index in [4.69, 9.17) is 14.7 Å². The molecule has 188 valence electrons. The minimum Gasteiger partial charge on any atom is -0.497 e. The van der Waals surface area contributed by atoms with E-state index in [2.05, 4.69) is 41.2 Å². The van der Waals surface area contributed by atoms with E-state index in [9.17, 15) is 0 Å². The van der Waals surface area contributed by atoms with Crippen molar-refractivity contribution in [3.05, 3.63) is 96.1 Å². The predicted octanol–water partition coefficient (Wildman–Crippen LogP) is 3.68. The lowest BCUT2D eigenvalue weighted by Gasteiger charge is -2.11. The third-order valence-electron chi connectivity index (χ3n) is 5.86. The van der Waals surface area contributed by atoms with Crippen LogP contribution in [0.4, 0.5) is 17.6 Å². The van der Waals surface area contributed by atoms with Gasteiger partial charge < -0.3 is 15.4 Å². The molecule has 0 bridgehead atoms. The fraction of sp³-hybridized carbons (Fsp3) is 0.115. The minimum absolute atomic E-state index is 0.408. The maximum absolute atomic E-state index is 5.26. The van der Waals surface area contributed by atoms with Crippen LogP contribution in [-0.2, 0) is 13.0 Å². The van der Waals surface area contributed by atoms with Gasteiger partial charge in [-0.15, -0.1) is 10.2 Å². The second-order valence-electron chi connectivity index (χ2n) is 8.40. The number of hydrogen-bond acceptors (Lipinski definition) is 10. The first kappa shape index (κ1) is 23.0. The molecule has 0 atom stereocenters. The minimum atomic E-state index is 0.408. The fourth-order valence-corrected chi connectivity index (χ4v) is 4.06. The Morgan fingerprint density at radius 2 is 1.82 bits per heavy atom. The Balaban J connectivity index is 1.27. The van der Waals surface area contributed by atoms with Crippen molar-refractivity contribution < 1.29 is 4.74 Å². The molecule has 0 unspecified atom stereocenters.